The number of carbonyl (C=O) groups is 1. The van der Waals surface area contributed by atoms with Crippen molar-refractivity contribution in [3.63, 3.8) is 0 Å². The van der Waals surface area contributed by atoms with Gasteiger partial charge in [-0.2, -0.15) is 0 Å². The van der Waals surface area contributed by atoms with E-state index in [0.717, 1.165) is 18.6 Å². The third kappa shape index (κ3) is 3.93. The molecule has 0 radical (unpaired) electrons. The van der Waals surface area contributed by atoms with Gasteiger partial charge in [0.25, 0.3) is 0 Å². The van der Waals surface area contributed by atoms with Crippen molar-refractivity contribution in [2.75, 3.05) is 14.2 Å². The van der Waals surface area contributed by atoms with Crippen LogP contribution in [0.3, 0.4) is 0 Å². The Bertz CT molecular complexity index is 561. The molecule has 0 saturated heterocycles. The summed E-state index contributed by atoms with van der Waals surface area (Å²) in [6.07, 6.45) is 11.6. The fourth-order valence-electron chi connectivity index (χ4n) is 4.43. The standard InChI is InChI=1S/C21H31NO2/c1-22(18-10-5-3-4-6-11-18)21(23)15-17-9-7-8-16-14-19(24-2)12-13-20(16)17/h12-14,17-18H,3-11,15H2,1-2H3. The summed E-state index contributed by atoms with van der Waals surface area (Å²) in [4.78, 5) is 14.9. The lowest BCUT2D eigenvalue weighted by atomic mass is 9.80. The van der Waals surface area contributed by atoms with Crippen LogP contribution in [0.5, 0.6) is 5.75 Å². The Hall–Kier alpha value is -1.51. The monoisotopic (exact) mass is 329 g/mol. The summed E-state index contributed by atoms with van der Waals surface area (Å²) in [6, 6.07) is 6.83. The Morgan fingerprint density at radius 1 is 1.12 bits per heavy atom. The van der Waals surface area contributed by atoms with Gasteiger partial charge in [-0.15, -0.1) is 0 Å². The molecule has 132 valence electrons. The normalized spacial score (nSPS) is 21.7. The van der Waals surface area contributed by atoms with Crippen LogP contribution < -0.4 is 4.74 Å². The van der Waals surface area contributed by atoms with Crippen LogP contribution in [0.4, 0.5) is 0 Å². The van der Waals surface area contributed by atoms with Crippen molar-refractivity contribution in [3.05, 3.63) is 29.3 Å². The third-order valence-corrected chi connectivity index (χ3v) is 5.98. The highest BCUT2D eigenvalue weighted by atomic mass is 16.5. The van der Waals surface area contributed by atoms with Gasteiger partial charge < -0.3 is 9.64 Å². The second kappa shape index (κ2) is 8.04. The number of ether oxygens (including phenoxy) is 1. The molecule has 24 heavy (non-hydrogen) atoms. The van der Waals surface area contributed by atoms with Crippen LogP contribution >= 0.6 is 0 Å². The first-order chi connectivity index (χ1) is 11.7. The van der Waals surface area contributed by atoms with E-state index in [9.17, 15) is 4.79 Å². The van der Waals surface area contributed by atoms with Crippen LogP contribution in [0.1, 0.15) is 74.8 Å². The molecular formula is C21H31NO2. The molecule has 0 aromatic heterocycles. The molecule has 1 fully saturated rings. The second-order valence-corrected chi connectivity index (χ2v) is 7.51. The maximum atomic E-state index is 12.9. The number of amides is 1. The zero-order valence-corrected chi connectivity index (χ0v) is 15.2. The Balaban J connectivity index is 1.66. The smallest absolute Gasteiger partial charge is 0.223 e. The fourth-order valence-corrected chi connectivity index (χ4v) is 4.43. The van der Waals surface area contributed by atoms with E-state index < -0.39 is 0 Å². The van der Waals surface area contributed by atoms with E-state index in [2.05, 4.69) is 17.0 Å². The van der Waals surface area contributed by atoms with Gasteiger partial charge in [-0.05, 0) is 61.3 Å². The number of fused-ring (bicyclic) bond motifs is 1. The van der Waals surface area contributed by atoms with Gasteiger partial charge in [0, 0.05) is 19.5 Å². The first-order valence-corrected chi connectivity index (χ1v) is 9.61. The van der Waals surface area contributed by atoms with Gasteiger partial charge in [0.15, 0.2) is 0 Å². The van der Waals surface area contributed by atoms with Gasteiger partial charge in [0.1, 0.15) is 5.75 Å². The molecule has 1 atom stereocenters. The lowest BCUT2D eigenvalue weighted by molar-refractivity contribution is -0.132. The number of hydrogen-bond acceptors (Lipinski definition) is 2. The molecule has 2 aliphatic carbocycles. The minimum absolute atomic E-state index is 0.329. The minimum atomic E-state index is 0.329. The largest absolute Gasteiger partial charge is 0.497 e. The van der Waals surface area contributed by atoms with Crippen molar-refractivity contribution in [1.29, 1.82) is 0 Å². The van der Waals surface area contributed by atoms with E-state index in [1.165, 1.54) is 56.1 Å². The van der Waals surface area contributed by atoms with Gasteiger partial charge in [-0.1, -0.05) is 31.7 Å². The van der Waals surface area contributed by atoms with E-state index in [0.29, 0.717) is 24.3 Å². The summed E-state index contributed by atoms with van der Waals surface area (Å²) in [6.45, 7) is 0. The molecule has 0 aliphatic heterocycles. The van der Waals surface area contributed by atoms with Gasteiger partial charge >= 0.3 is 0 Å². The predicted octanol–water partition coefficient (Wildman–Crippen LogP) is 4.69. The molecule has 1 aromatic rings. The maximum Gasteiger partial charge on any atom is 0.223 e. The van der Waals surface area contributed by atoms with Crippen molar-refractivity contribution in [3.8, 4) is 5.75 Å². The van der Waals surface area contributed by atoms with Crippen LogP contribution in [0, 0.1) is 0 Å². The lowest BCUT2D eigenvalue weighted by Crippen LogP contribution is -2.37. The minimum Gasteiger partial charge on any atom is -0.497 e. The van der Waals surface area contributed by atoms with Crippen molar-refractivity contribution in [2.45, 2.75) is 76.2 Å². The molecule has 3 heteroatoms. The van der Waals surface area contributed by atoms with E-state index in [1.807, 2.05) is 13.1 Å². The van der Waals surface area contributed by atoms with Gasteiger partial charge in [0.05, 0.1) is 7.11 Å². The number of nitrogens with zero attached hydrogens (tertiary/aromatic N) is 1. The van der Waals surface area contributed by atoms with Crippen molar-refractivity contribution < 1.29 is 9.53 Å². The molecule has 0 heterocycles. The zero-order chi connectivity index (χ0) is 16.9. The number of rotatable bonds is 4. The van der Waals surface area contributed by atoms with E-state index in [1.54, 1.807) is 7.11 Å². The maximum absolute atomic E-state index is 12.9. The topological polar surface area (TPSA) is 29.5 Å². The number of benzene rings is 1. The molecule has 1 amide bonds. The molecule has 0 N–H and O–H groups in total. The highest BCUT2D eigenvalue weighted by Crippen LogP contribution is 2.36. The summed E-state index contributed by atoms with van der Waals surface area (Å²) in [5.41, 5.74) is 2.74. The zero-order valence-electron chi connectivity index (χ0n) is 15.2. The average Bonchev–Trinajstić information content (AvgIpc) is 2.90. The van der Waals surface area contributed by atoms with Crippen LogP contribution in [0.25, 0.3) is 0 Å². The Morgan fingerprint density at radius 3 is 2.58 bits per heavy atom. The average molecular weight is 329 g/mol. The van der Waals surface area contributed by atoms with Crippen LogP contribution in [0.15, 0.2) is 18.2 Å². The van der Waals surface area contributed by atoms with Crippen molar-refractivity contribution in [1.82, 2.24) is 4.90 Å². The number of hydrogen-bond donors (Lipinski definition) is 0. The quantitative estimate of drug-likeness (QED) is 0.750. The summed E-state index contributed by atoms with van der Waals surface area (Å²) in [7, 11) is 3.74. The Labute approximate surface area is 146 Å². The molecule has 1 unspecified atom stereocenters. The highest BCUT2D eigenvalue weighted by molar-refractivity contribution is 5.77. The fraction of sp³-hybridized carbons (Fsp3) is 0.667. The highest BCUT2D eigenvalue weighted by Gasteiger charge is 2.27. The third-order valence-electron chi connectivity index (χ3n) is 5.98. The van der Waals surface area contributed by atoms with Crippen LogP contribution in [-0.2, 0) is 11.2 Å². The molecule has 3 nitrogen and oxygen atoms in total. The van der Waals surface area contributed by atoms with Gasteiger partial charge in [-0.25, -0.2) is 0 Å². The lowest BCUT2D eigenvalue weighted by Gasteiger charge is -2.31. The first-order valence-electron chi connectivity index (χ1n) is 9.61. The molecule has 3 rings (SSSR count). The van der Waals surface area contributed by atoms with Gasteiger partial charge in [-0.3, -0.25) is 4.79 Å². The molecule has 1 saturated carbocycles. The van der Waals surface area contributed by atoms with Crippen LogP contribution in [0.2, 0.25) is 0 Å². The van der Waals surface area contributed by atoms with Crippen molar-refractivity contribution >= 4 is 5.91 Å². The van der Waals surface area contributed by atoms with E-state index in [-0.39, 0.29) is 0 Å². The summed E-state index contributed by atoms with van der Waals surface area (Å²) in [5.74, 6) is 1.63. The first kappa shape index (κ1) is 17.3. The van der Waals surface area contributed by atoms with Gasteiger partial charge in [0.2, 0.25) is 5.91 Å². The second-order valence-electron chi connectivity index (χ2n) is 7.51. The summed E-state index contributed by atoms with van der Waals surface area (Å²) < 4.78 is 5.35. The molecule has 2 aliphatic rings. The molecule has 0 bridgehead atoms. The van der Waals surface area contributed by atoms with Crippen LogP contribution in [-0.4, -0.2) is 31.0 Å². The Kier molecular flexibility index (Phi) is 5.80. The van der Waals surface area contributed by atoms with Crippen molar-refractivity contribution in [2.24, 2.45) is 0 Å². The number of methoxy groups -OCH3 is 1. The summed E-state index contributed by atoms with van der Waals surface area (Å²) >= 11 is 0. The Morgan fingerprint density at radius 2 is 1.88 bits per heavy atom. The number of carbonyl (C=O) groups excluding carboxylic acids is 1. The molecule has 0 spiro atoms. The SMILES string of the molecule is COc1ccc2c(c1)CCCC2CC(=O)N(C)C1CCCCCC1. The van der Waals surface area contributed by atoms with E-state index >= 15 is 0 Å². The predicted molar refractivity (Wildman–Crippen MR) is 97.6 cm³/mol. The molecular weight excluding hydrogens is 298 g/mol. The molecule has 1 aromatic carbocycles. The van der Waals surface area contributed by atoms with E-state index in [4.69, 9.17) is 4.74 Å². The summed E-state index contributed by atoms with van der Waals surface area (Å²) in [5, 5.41) is 0. The number of aryl methyl sites for hydroxylation is 1.